The van der Waals surface area contributed by atoms with E-state index in [0.717, 1.165) is 22.3 Å². The van der Waals surface area contributed by atoms with Crippen LogP contribution in [0.4, 0.5) is 4.79 Å². The highest BCUT2D eigenvalue weighted by Gasteiger charge is 2.49. The second-order valence-electron chi connectivity index (χ2n) is 8.20. The third-order valence-electron chi connectivity index (χ3n) is 5.98. The summed E-state index contributed by atoms with van der Waals surface area (Å²) in [6.45, 7) is 0.361. The third-order valence-corrected chi connectivity index (χ3v) is 5.98. The van der Waals surface area contributed by atoms with Gasteiger partial charge in [-0.15, -0.1) is 0 Å². The highest BCUT2D eigenvalue weighted by atomic mass is 16.5. The Kier molecular flexibility index (Phi) is 6.62. The Morgan fingerprint density at radius 1 is 1.00 bits per heavy atom. The molecule has 9 heteroatoms. The van der Waals surface area contributed by atoms with Crippen LogP contribution in [0.25, 0.3) is 11.1 Å². The summed E-state index contributed by atoms with van der Waals surface area (Å²) in [7, 11) is 0. The number of carboxylic acids is 1. The number of nitrogens with zero attached hydrogens (tertiary/aromatic N) is 1. The van der Waals surface area contributed by atoms with Gasteiger partial charge >= 0.3 is 12.1 Å². The first-order valence-electron chi connectivity index (χ1n) is 10.8. The zero-order valence-electron chi connectivity index (χ0n) is 18.0. The first kappa shape index (κ1) is 22.8. The Morgan fingerprint density at radius 3 is 2.21 bits per heavy atom. The smallest absolute Gasteiger partial charge is 0.407 e. The van der Waals surface area contributed by atoms with E-state index in [1.807, 2.05) is 24.3 Å². The minimum Gasteiger partial charge on any atom is -0.479 e. The molecule has 1 heterocycles. The predicted octanol–water partition coefficient (Wildman–Crippen LogP) is 1.59. The molecule has 1 saturated heterocycles. The number of fused-ring (bicyclic) bond motifs is 3. The van der Waals surface area contributed by atoms with E-state index in [2.05, 4.69) is 29.6 Å². The molecular formula is C24H26N2O7. The van der Waals surface area contributed by atoms with Crippen LogP contribution in [-0.4, -0.2) is 78.1 Å². The van der Waals surface area contributed by atoms with Crippen molar-refractivity contribution in [1.82, 2.24) is 10.2 Å². The molecule has 0 atom stereocenters. The van der Waals surface area contributed by atoms with Crippen molar-refractivity contribution < 1.29 is 34.1 Å². The maximum absolute atomic E-state index is 12.1. The van der Waals surface area contributed by atoms with Gasteiger partial charge in [-0.25, -0.2) is 9.59 Å². The first-order chi connectivity index (χ1) is 15.9. The van der Waals surface area contributed by atoms with Crippen LogP contribution < -0.4 is 5.32 Å². The number of aliphatic hydroxyl groups is 1. The van der Waals surface area contributed by atoms with Gasteiger partial charge in [0.05, 0.1) is 32.7 Å². The van der Waals surface area contributed by atoms with E-state index in [1.54, 1.807) is 0 Å². The number of carboxylic acid groups (broad SMARTS) is 1. The summed E-state index contributed by atoms with van der Waals surface area (Å²) in [5.74, 6) is -1.63. The molecule has 2 amide bonds. The lowest BCUT2D eigenvalue weighted by Crippen LogP contribution is -2.67. The number of rotatable bonds is 9. The van der Waals surface area contributed by atoms with Crippen LogP contribution in [0.1, 0.15) is 23.5 Å². The summed E-state index contributed by atoms with van der Waals surface area (Å²) in [6.07, 6.45) is -0.467. The van der Waals surface area contributed by atoms with Gasteiger partial charge in [-0.3, -0.25) is 4.79 Å². The molecule has 3 N–H and O–H groups in total. The lowest BCUT2D eigenvalue weighted by molar-refractivity contribution is -0.182. The number of nitrogens with one attached hydrogen (secondary N) is 1. The van der Waals surface area contributed by atoms with Gasteiger partial charge < -0.3 is 29.9 Å². The number of likely N-dealkylation sites (tertiary alicyclic amines) is 1. The van der Waals surface area contributed by atoms with Crippen molar-refractivity contribution >= 4 is 18.0 Å². The first-order valence-corrected chi connectivity index (χ1v) is 10.8. The Balaban J connectivity index is 1.12. The molecule has 9 nitrogen and oxygen atoms in total. The van der Waals surface area contributed by atoms with Gasteiger partial charge in [-0.1, -0.05) is 48.5 Å². The number of carbonyl (C=O) groups excluding carboxylic acids is 2. The molecule has 0 aromatic heterocycles. The van der Waals surface area contributed by atoms with Crippen molar-refractivity contribution in [3.8, 4) is 11.1 Å². The van der Waals surface area contributed by atoms with Crippen LogP contribution in [0, 0.1) is 0 Å². The molecule has 174 valence electrons. The number of ether oxygens (including phenoxy) is 2. The number of alkyl carbamates (subject to hydrolysis) is 1. The third kappa shape index (κ3) is 4.84. The van der Waals surface area contributed by atoms with Crippen molar-refractivity contribution in [2.24, 2.45) is 0 Å². The van der Waals surface area contributed by atoms with E-state index < -0.39 is 17.7 Å². The monoisotopic (exact) mass is 454 g/mol. The Hall–Kier alpha value is -3.43. The number of β-amino-alcohol motifs (C(OH)–C–C–N with tert-alkyl or cyclic N) is 1. The number of hydrogen-bond donors (Lipinski definition) is 3. The topological polar surface area (TPSA) is 125 Å². The summed E-state index contributed by atoms with van der Waals surface area (Å²) in [5, 5.41) is 21.1. The number of amides is 2. The molecule has 2 aliphatic rings. The summed E-state index contributed by atoms with van der Waals surface area (Å²) in [5.41, 5.74) is 2.77. The average Bonchev–Trinajstić information content (AvgIpc) is 3.11. The highest BCUT2D eigenvalue weighted by molar-refractivity contribution is 5.85. The molecule has 1 aliphatic carbocycles. The van der Waals surface area contributed by atoms with Gasteiger partial charge in [0.25, 0.3) is 0 Å². The zero-order chi connectivity index (χ0) is 23.4. The lowest BCUT2D eigenvalue weighted by Gasteiger charge is -2.43. The molecule has 33 heavy (non-hydrogen) atoms. The second kappa shape index (κ2) is 9.60. The lowest BCUT2D eigenvalue weighted by atomic mass is 9.94. The fraction of sp³-hybridized carbons (Fsp3) is 0.375. The molecule has 0 spiro atoms. The molecule has 0 bridgehead atoms. The fourth-order valence-corrected chi connectivity index (χ4v) is 4.19. The number of carbonyl (C=O) groups is 3. The SMILES string of the molecule is O=C(NCCOCCC(=O)N1CC(O)(C(=O)O)C1)OCC1c2ccccc2-c2ccccc21. The molecule has 0 unspecified atom stereocenters. The number of hydrogen-bond acceptors (Lipinski definition) is 6. The van der Waals surface area contributed by atoms with E-state index in [0.29, 0.717) is 0 Å². The molecule has 2 aromatic rings. The van der Waals surface area contributed by atoms with E-state index >= 15 is 0 Å². The minimum absolute atomic E-state index is 0.00861. The van der Waals surface area contributed by atoms with Crippen LogP contribution in [0.3, 0.4) is 0 Å². The van der Waals surface area contributed by atoms with Gasteiger partial charge in [0.2, 0.25) is 5.91 Å². The van der Waals surface area contributed by atoms with E-state index in [-0.39, 0.29) is 57.7 Å². The summed E-state index contributed by atoms with van der Waals surface area (Å²) < 4.78 is 10.8. The Bertz CT molecular complexity index is 1000. The van der Waals surface area contributed by atoms with Gasteiger partial charge in [0.1, 0.15) is 6.61 Å². The van der Waals surface area contributed by atoms with Gasteiger partial charge in [-0.2, -0.15) is 0 Å². The second-order valence-corrected chi connectivity index (χ2v) is 8.20. The molecule has 2 aromatic carbocycles. The summed E-state index contributed by atoms with van der Waals surface area (Å²) in [4.78, 5) is 36.1. The minimum atomic E-state index is -1.84. The fourth-order valence-electron chi connectivity index (χ4n) is 4.19. The van der Waals surface area contributed by atoms with Crippen LogP contribution in [-0.2, 0) is 19.1 Å². The van der Waals surface area contributed by atoms with Crippen LogP contribution in [0.15, 0.2) is 48.5 Å². The average molecular weight is 454 g/mol. The Morgan fingerprint density at radius 2 is 1.61 bits per heavy atom. The summed E-state index contributed by atoms with van der Waals surface area (Å²) in [6, 6.07) is 16.2. The van der Waals surface area contributed by atoms with Crippen molar-refractivity contribution in [2.45, 2.75) is 17.9 Å². The Labute approximate surface area is 190 Å². The van der Waals surface area contributed by atoms with Gasteiger partial charge in [0.15, 0.2) is 5.60 Å². The van der Waals surface area contributed by atoms with Crippen molar-refractivity contribution in [3.63, 3.8) is 0 Å². The predicted molar refractivity (Wildman–Crippen MR) is 118 cm³/mol. The van der Waals surface area contributed by atoms with E-state index in [9.17, 15) is 19.5 Å². The largest absolute Gasteiger partial charge is 0.479 e. The van der Waals surface area contributed by atoms with Crippen LogP contribution >= 0.6 is 0 Å². The number of benzene rings is 2. The molecule has 0 saturated carbocycles. The molecule has 1 fully saturated rings. The van der Waals surface area contributed by atoms with Crippen LogP contribution in [0.2, 0.25) is 0 Å². The maximum Gasteiger partial charge on any atom is 0.407 e. The molecule has 0 radical (unpaired) electrons. The van der Waals surface area contributed by atoms with Gasteiger partial charge in [0, 0.05) is 12.5 Å². The molecule has 1 aliphatic heterocycles. The quantitative estimate of drug-likeness (QED) is 0.491. The van der Waals surface area contributed by atoms with Crippen LogP contribution in [0.5, 0.6) is 0 Å². The van der Waals surface area contributed by atoms with E-state index in [1.165, 1.54) is 4.90 Å². The van der Waals surface area contributed by atoms with Crippen molar-refractivity contribution in [1.29, 1.82) is 0 Å². The maximum atomic E-state index is 12.1. The standard InChI is InChI=1S/C24H26N2O7/c27-21(26-14-24(31,15-26)22(28)29)9-11-32-12-10-25-23(30)33-13-20-18-7-3-1-5-16(18)17-6-2-4-8-19(17)20/h1-8,20,31H,9-15H2,(H,25,30)(H,28,29). The van der Waals surface area contributed by atoms with E-state index in [4.69, 9.17) is 14.6 Å². The van der Waals surface area contributed by atoms with Crippen molar-refractivity contribution in [2.75, 3.05) is 39.5 Å². The summed E-state index contributed by atoms with van der Waals surface area (Å²) >= 11 is 0. The zero-order valence-corrected chi connectivity index (χ0v) is 18.0. The number of aliphatic carboxylic acids is 1. The molecular weight excluding hydrogens is 428 g/mol. The normalized spacial score (nSPS) is 15.8. The highest BCUT2D eigenvalue weighted by Crippen LogP contribution is 2.44. The van der Waals surface area contributed by atoms with Crippen molar-refractivity contribution in [3.05, 3.63) is 59.7 Å². The molecule has 4 rings (SSSR count). The van der Waals surface area contributed by atoms with Gasteiger partial charge in [-0.05, 0) is 22.3 Å².